The Labute approximate surface area is 153 Å². The van der Waals surface area contributed by atoms with Gasteiger partial charge in [0.15, 0.2) is 0 Å². The van der Waals surface area contributed by atoms with Crippen molar-refractivity contribution >= 4 is 17.3 Å². The van der Waals surface area contributed by atoms with Crippen LogP contribution < -0.4 is 11.2 Å². The fourth-order valence-electron chi connectivity index (χ4n) is 2.55. The number of hydrogen-bond donors (Lipinski definition) is 0. The smallest absolute Gasteiger partial charge is 0.349 e. The highest BCUT2D eigenvalue weighted by molar-refractivity contribution is 7.12. The Morgan fingerprint density at radius 3 is 2.46 bits per heavy atom. The molecule has 0 amide bonds. The first-order valence-electron chi connectivity index (χ1n) is 7.96. The van der Waals surface area contributed by atoms with Crippen molar-refractivity contribution in [1.82, 2.24) is 9.13 Å². The van der Waals surface area contributed by atoms with Gasteiger partial charge in [0.25, 0.3) is 5.56 Å². The third-order valence-electron chi connectivity index (χ3n) is 4.19. The predicted molar refractivity (Wildman–Crippen MR) is 101 cm³/mol. The lowest BCUT2D eigenvalue weighted by Gasteiger charge is -2.10. The second-order valence-corrected chi connectivity index (χ2v) is 6.90. The molecule has 7 heteroatoms. The average Bonchev–Trinajstić information content (AvgIpc) is 3.12. The highest BCUT2D eigenvalue weighted by Crippen LogP contribution is 2.29. The van der Waals surface area contributed by atoms with E-state index < -0.39 is 17.2 Å². The molecule has 0 radical (unpaired) electrons. The van der Waals surface area contributed by atoms with E-state index in [4.69, 9.17) is 4.74 Å². The molecule has 2 aromatic heterocycles. The van der Waals surface area contributed by atoms with E-state index in [0.717, 1.165) is 21.3 Å². The van der Waals surface area contributed by atoms with Crippen molar-refractivity contribution in [3.05, 3.63) is 78.8 Å². The molecule has 0 atom stereocenters. The number of aromatic nitrogens is 2. The first-order valence-corrected chi connectivity index (χ1v) is 8.84. The van der Waals surface area contributed by atoms with E-state index in [9.17, 15) is 14.4 Å². The molecule has 134 valence electrons. The number of carbonyl (C=O) groups is 1. The summed E-state index contributed by atoms with van der Waals surface area (Å²) in [5.41, 5.74) is 2.33. The molecule has 0 N–H and O–H groups in total. The summed E-state index contributed by atoms with van der Waals surface area (Å²) in [6.45, 7) is 1.85. The van der Waals surface area contributed by atoms with Crippen LogP contribution in [-0.4, -0.2) is 15.1 Å². The van der Waals surface area contributed by atoms with Crippen LogP contribution >= 0.6 is 11.3 Å². The Hall–Kier alpha value is -2.93. The van der Waals surface area contributed by atoms with Gasteiger partial charge in [0.1, 0.15) is 11.5 Å². The van der Waals surface area contributed by atoms with Gasteiger partial charge < -0.3 is 4.74 Å². The van der Waals surface area contributed by atoms with Crippen LogP contribution in [0.15, 0.2) is 51.4 Å². The fraction of sp³-hybridized carbons (Fsp3) is 0.211. The number of rotatable bonds is 4. The predicted octanol–water partition coefficient (Wildman–Crippen LogP) is 2.48. The van der Waals surface area contributed by atoms with Gasteiger partial charge in [0.05, 0.1) is 5.69 Å². The van der Waals surface area contributed by atoms with Gasteiger partial charge >= 0.3 is 11.7 Å². The van der Waals surface area contributed by atoms with Gasteiger partial charge in [-0.05, 0) is 23.9 Å². The molecule has 0 bridgehead atoms. The van der Waals surface area contributed by atoms with Gasteiger partial charge in [-0.1, -0.05) is 29.8 Å². The van der Waals surface area contributed by atoms with Crippen LogP contribution in [0.3, 0.4) is 0 Å². The highest BCUT2D eigenvalue weighted by atomic mass is 32.1. The Balaban J connectivity index is 1.83. The lowest BCUT2D eigenvalue weighted by Crippen LogP contribution is -2.38. The minimum absolute atomic E-state index is 0.147. The molecule has 0 unspecified atom stereocenters. The summed E-state index contributed by atoms with van der Waals surface area (Å²) >= 11 is 1.30. The number of hydrogen-bond acceptors (Lipinski definition) is 5. The topological polar surface area (TPSA) is 70.3 Å². The van der Waals surface area contributed by atoms with Crippen LogP contribution in [0.1, 0.15) is 20.9 Å². The van der Waals surface area contributed by atoms with Gasteiger partial charge in [-0.2, -0.15) is 0 Å². The molecule has 3 aromatic rings. The maximum atomic E-state index is 12.5. The van der Waals surface area contributed by atoms with Crippen LogP contribution in [0.2, 0.25) is 0 Å². The van der Waals surface area contributed by atoms with Crippen molar-refractivity contribution in [2.24, 2.45) is 14.1 Å². The van der Waals surface area contributed by atoms with Gasteiger partial charge in [0.2, 0.25) is 0 Å². The average molecular weight is 370 g/mol. The van der Waals surface area contributed by atoms with Gasteiger partial charge in [-0.3, -0.25) is 13.9 Å². The fourth-order valence-corrected chi connectivity index (χ4v) is 3.36. The van der Waals surface area contributed by atoms with Gasteiger partial charge in [-0.15, -0.1) is 11.3 Å². The minimum Gasteiger partial charge on any atom is -0.455 e. The Morgan fingerprint density at radius 2 is 1.77 bits per heavy atom. The number of aryl methyl sites for hydroxylation is 1. The first kappa shape index (κ1) is 17.9. The van der Waals surface area contributed by atoms with Crippen molar-refractivity contribution < 1.29 is 9.53 Å². The van der Waals surface area contributed by atoms with Crippen molar-refractivity contribution in [1.29, 1.82) is 0 Å². The summed E-state index contributed by atoms with van der Waals surface area (Å²) in [7, 11) is 2.94. The van der Waals surface area contributed by atoms with Crippen LogP contribution in [0.4, 0.5) is 0 Å². The van der Waals surface area contributed by atoms with E-state index in [1.165, 1.54) is 36.1 Å². The summed E-state index contributed by atoms with van der Waals surface area (Å²) in [4.78, 5) is 36.7. The molecule has 0 aliphatic rings. The highest BCUT2D eigenvalue weighted by Gasteiger charge is 2.17. The molecule has 1 aromatic carbocycles. The third kappa shape index (κ3) is 3.39. The summed E-state index contributed by atoms with van der Waals surface area (Å²) in [6, 6.07) is 11.1. The van der Waals surface area contributed by atoms with E-state index in [-0.39, 0.29) is 6.61 Å². The summed E-state index contributed by atoms with van der Waals surface area (Å²) in [6.07, 6.45) is 0. The van der Waals surface area contributed by atoms with E-state index in [2.05, 4.69) is 0 Å². The maximum Gasteiger partial charge on any atom is 0.349 e. The zero-order valence-electron chi connectivity index (χ0n) is 14.7. The van der Waals surface area contributed by atoms with Gasteiger partial charge in [0, 0.05) is 25.7 Å². The molecule has 6 nitrogen and oxygen atoms in total. The quantitative estimate of drug-likeness (QED) is 0.662. The number of esters is 1. The molecule has 0 fully saturated rings. The molecule has 0 saturated heterocycles. The normalized spacial score (nSPS) is 10.7. The molecule has 0 spiro atoms. The molecular formula is C19H18N2O4S. The largest absolute Gasteiger partial charge is 0.455 e. The first-order chi connectivity index (χ1) is 12.4. The minimum atomic E-state index is -0.483. The van der Waals surface area contributed by atoms with E-state index >= 15 is 0 Å². The zero-order chi connectivity index (χ0) is 18.8. The molecule has 0 aliphatic carbocycles. The Kier molecular flexibility index (Phi) is 4.90. The molecule has 2 heterocycles. The second-order valence-electron chi connectivity index (χ2n) is 5.98. The molecular weight excluding hydrogens is 352 g/mol. The number of benzene rings is 1. The SMILES string of the molecule is Cc1ccc(-c2ccsc2C(=O)OCc2cc(=O)n(C)c(=O)n2C)cc1. The Morgan fingerprint density at radius 1 is 1.08 bits per heavy atom. The van der Waals surface area contributed by atoms with E-state index in [1.807, 2.05) is 42.6 Å². The number of ether oxygens (including phenoxy) is 1. The third-order valence-corrected chi connectivity index (χ3v) is 5.08. The van der Waals surface area contributed by atoms with Crippen LogP contribution in [0.25, 0.3) is 11.1 Å². The summed E-state index contributed by atoms with van der Waals surface area (Å²) in [5.74, 6) is -0.483. The van der Waals surface area contributed by atoms with E-state index in [1.54, 1.807) is 0 Å². The van der Waals surface area contributed by atoms with Crippen molar-refractivity contribution in [3.63, 3.8) is 0 Å². The Bertz CT molecular complexity index is 1070. The second kappa shape index (κ2) is 7.13. The number of nitrogens with zero attached hydrogens (tertiary/aromatic N) is 2. The lowest BCUT2D eigenvalue weighted by atomic mass is 10.1. The standard InChI is InChI=1S/C19H18N2O4S/c1-12-4-6-13(7-5-12)15-8-9-26-17(15)18(23)25-11-14-10-16(22)21(3)19(24)20(14)2/h4-10H,11H2,1-3H3. The monoisotopic (exact) mass is 370 g/mol. The van der Waals surface area contributed by atoms with Crippen LogP contribution in [-0.2, 0) is 25.4 Å². The number of carbonyl (C=O) groups excluding carboxylic acids is 1. The van der Waals surface area contributed by atoms with Gasteiger partial charge in [-0.25, -0.2) is 9.59 Å². The zero-order valence-corrected chi connectivity index (χ0v) is 15.5. The van der Waals surface area contributed by atoms with Crippen molar-refractivity contribution in [2.75, 3.05) is 0 Å². The van der Waals surface area contributed by atoms with Crippen molar-refractivity contribution in [2.45, 2.75) is 13.5 Å². The molecule has 0 aliphatic heterocycles. The van der Waals surface area contributed by atoms with E-state index in [0.29, 0.717) is 10.6 Å². The molecule has 0 saturated carbocycles. The maximum absolute atomic E-state index is 12.5. The number of thiophene rings is 1. The summed E-state index contributed by atoms with van der Waals surface area (Å²) in [5, 5.41) is 1.83. The summed E-state index contributed by atoms with van der Waals surface area (Å²) < 4.78 is 7.65. The van der Waals surface area contributed by atoms with Crippen LogP contribution in [0, 0.1) is 6.92 Å². The van der Waals surface area contributed by atoms with Crippen LogP contribution in [0.5, 0.6) is 0 Å². The molecule has 26 heavy (non-hydrogen) atoms. The molecule has 3 rings (SSSR count). The lowest BCUT2D eigenvalue weighted by molar-refractivity contribution is 0.0469. The van der Waals surface area contributed by atoms with Crippen molar-refractivity contribution in [3.8, 4) is 11.1 Å².